The lowest BCUT2D eigenvalue weighted by atomic mass is 9.98. The quantitative estimate of drug-likeness (QED) is 0.867. The summed E-state index contributed by atoms with van der Waals surface area (Å²) >= 11 is 1.49. The van der Waals surface area contributed by atoms with Gasteiger partial charge in [0.2, 0.25) is 5.89 Å². The first-order chi connectivity index (χ1) is 10.6. The molecule has 1 aliphatic rings. The zero-order valence-electron chi connectivity index (χ0n) is 13.0. The highest BCUT2D eigenvalue weighted by Crippen LogP contribution is 2.27. The van der Waals surface area contributed by atoms with Crippen molar-refractivity contribution >= 4 is 17.2 Å². The average Bonchev–Trinajstić information content (AvgIpc) is 3.17. The Morgan fingerprint density at radius 3 is 3.14 bits per heavy atom. The third kappa shape index (κ3) is 3.38. The van der Waals surface area contributed by atoms with Gasteiger partial charge in [0.1, 0.15) is 0 Å². The topological polar surface area (TPSA) is 59.2 Å². The summed E-state index contributed by atoms with van der Waals surface area (Å²) in [7, 11) is 0. The average molecular weight is 319 g/mol. The minimum atomic E-state index is 0.113. The van der Waals surface area contributed by atoms with Crippen LogP contribution in [0.2, 0.25) is 0 Å². The lowest BCUT2D eigenvalue weighted by molar-refractivity contribution is 0.0700. The molecule has 3 rings (SSSR count). The maximum Gasteiger partial charge on any atom is 0.263 e. The summed E-state index contributed by atoms with van der Waals surface area (Å²) < 4.78 is 5.43. The highest BCUT2D eigenvalue weighted by molar-refractivity contribution is 7.12. The van der Waals surface area contributed by atoms with E-state index in [0.29, 0.717) is 18.4 Å². The molecule has 0 aliphatic carbocycles. The van der Waals surface area contributed by atoms with Crippen molar-refractivity contribution in [1.82, 2.24) is 15.0 Å². The molecule has 0 aromatic carbocycles. The molecule has 118 valence electrons. The minimum Gasteiger partial charge on any atom is -0.339 e. The van der Waals surface area contributed by atoms with Crippen LogP contribution in [-0.4, -0.2) is 34.0 Å². The molecule has 0 saturated carbocycles. The monoisotopic (exact) mass is 319 g/mol. The number of hydrogen-bond acceptors (Lipinski definition) is 5. The number of thiophene rings is 1. The van der Waals surface area contributed by atoms with Crippen molar-refractivity contribution in [2.45, 2.75) is 39.0 Å². The normalized spacial score (nSPS) is 18.9. The predicted molar refractivity (Wildman–Crippen MR) is 85.0 cm³/mol. The van der Waals surface area contributed by atoms with E-state index in [2.05, 4.69) is 24.0 Å². The van der Waals surface area contributed by atoms with Crippen LogP contribution in [0.4, 0.5) is 0 Å². The zero-order chi connectivity index (χ0) is 15.5. The first-order valence-corrected chi connectivity index (χ1v) is 8.66. The van der Waals surface area contributed by atoms with Gasteiger partial charge in [-0.05, 0) is 30.2 Å². The van der Waals surface area contributed by atoms with Crippen LogP contribution in [0.1, 0.15) is 54.0 Å². The van der Waals surface area contributed by atoms with Crippen molar-refractivity contribution < 1.29 is 9.32 Å². The summed E-state index contributed by atoms with van der Waals surface area (Å²) in [4.78, 5) is 19.7. The lowest BCUT2D eigenvalue weighted by Gasteiger charge is -2.30. The predicted octanol–water partition coefficient (Wildman–Crippen LogP) is 3.35. The smallest absolute Gasteiger partial charge is 0.263 e. The van der Waals surface area contributed by atoms with E-state index in [-0.39, 0.29) is 11.8 Å². The van der Waals surface area contributed by atoms with Crippen LogP contribution in [-0.2, 0) is 6.42 Å². The van der Waals surface area contributed by atoms with E-state index in [4.69, 9.17) is 4.52 Å². The summed E-state index contributed by atoms with van der Waals surface area (Å²) in [6.07, 6.45) is 2.80. The summed E-state index contributed by atoms with van der Waals surface area (Å²) in [6.45, 7) is 5.75. The Morgan fingerprint density at radius 2 is 2.41 bits per heavy atom. The first kappa shape index (κ1) is 15.2. The number of piperidine rings is 1. The van der Waals surface area contributed by atoms with Crippen LogP contribution in [0.25, 0.3) is 0 Å². The zero-order valence-corrected chi connectivity index (χ0v) is 13.8. The number of aromatic nitrogens is 2. The molecule has 1 unspecified atom stereocenters. The van der Waals surface area contributed by atoms with Gasteiger partial charge < -0.3 is 9.42 Å². The summed E-state index contributed by atoms with van der Waals surface area (Å²) in [6, 6.07) is 3.79. The van der Waals surface area contributed by atoms with Gasteiger partial charge in [0.05, 0.1) is 10.8 Å². The molecule has 0 spiro atoms. The molecule has 1 fully saturated rings. The van der Waals surface area contributed by atoms with Gasteiger partial charge in [-0.1, -0.05) is 25.1 Å². The highest BCUT2D eigenvalue weighted by atomic mass is 32.1. The summed E-state index contributed by atoms with van der Waals surface area (Å²) in [5.74, 6) is 2.23. The van der Waals surface area contributed by atoms with Crippen molar-refractivity contribution in [3.05, 3.63) is 34.1 Å². The Bertz CT molecular complexity index is 621. The fourth-order valence-electron chi connectivity index (χ4n) is 2.80. The van der Waals surface area contributed by atoms with Gasteiger partial charge in [-0.15, -0.1) is 11.3 Å². The maximum absolute atomic E-state index is 12.5. The van der Waals surface area contributed by atoms with Crippen molar-refractivity contribution in [1.29, 1.82) is 0 Å². The molecule has 6 heteroatoms. The Kier molecular flexibility index (Phi) is 4.57. The molecule has 0 bridgehead atoms. The van der Waals surface area contributed by atoms with E-state index in [1.54, 1.807) is 0 Å². The van der Waals surface area contributed by atoms with Crippen molar-refractivity contribution in [2.75, 3.05) is 13.1 Å². The molecule has 2 aromatic heterocycles. The van der Waals surface area contributed by atoms with Gasteiger partial charge in [-0.2, -0.15) is 4.98 Å². The Balaban J connectivity index is 1.67. The van der Waals surface area contributed by atoms with E-state index in [1.807, 2.05) is 22.4 Å². The molecular weight excluding hydrogens is 298 g/mol. The largest absolute Gasteiger partial charge is 0.339 e. The number of amides is 1. The Labute approximate surface area is 134 Å². The number of likely N-dealkylation sites (tertiary alicyclic amines) is 1. The molecule has 0 radical (unpaired) electrons. The fourth-order valence-corrected chi connectivity index (χ4v) is 3.49. The molecule has 5 nitrogen and oxygen atoms in total. The maximum atomic E-state index is 12.5. The highest BCUT2D eigenvalue weighted by Gasteiger charge is 2.29. The Morgan fingerprint density at radius 1 is 1.55 bits per heavy atom. The fraction of sp³-hybridized carbons (Fsp3) is 0.562. The van der Waals surface area contributed by atoms with Crippen LogP contribution in [0.15, 0.2) is 22.0 Å². The summed E-state index contributed by atoms with van der Waals surface area (Å²) in [5, 5.41) is 6.00. The lowest BCUT2D eigenvalue weighted by Crippen LogP contribution is -2.38. The first-order valence-electron chi connectivity index (χ1n) is 7.78. The number of rotatable bonds is 4. The third-order valence-electron chi connectivity index (χ3n) is 3.86. The summed E-state index contributed by atoms with van der Waals surface area (Å²) in [5.41, 5.74) is 0. The van der Waals surface area contributed by atoms with Crippen LogP contribution >= 0.6 is 11.3 Å². The second kappa shape index (κ2) is 6.60. The molecule has 3 heterocycles. The van der Waals surface area contributed by atoms with Crippen LogP contribution < -0.4 is 0 Å². The number of nitrogens with zero attached hydrogens (tertiary/aromatic N) is 3. The van der Waals surface area contributed by atoms with Crippen LogP contribution in [0.3, 0.4) is 0 Å². The van der Waals surface area contributed by atoms with Gasteiger partial charge in [-0.3, -0.25) is 4.79 Å². The van der Waals surface area contributed by atoms with Gasteiger partial charge in [0, 0.05) is 19.5 Å². The molecule has 1 saturated heterocycles. The minimum absolute atomic E-state index is 0.113. The number of carbonyl (C=O) groups is 1. The third-order valence-corrected chi connectivity index (χ3v) is 4.72. The van der Waals surface area contributed by atoms with Crippen molar-refractivity contribution in [3.8, 4) is 0 Å². The molecular formula is C16H21N3O2S. The number of hydrogen-bond donors (Lipinski definition) is 0. The Hall–Kier alpha value is -1.69. The van der Waals surface area contributed by atoms with E-state index >= 15 is 0 Å². The number of carbonyl (C=O) groups excluding carboxylic acids is 1. The standard InChI is InChI=1S/C16H21N3O2S/c1-11(2)9-14-17-15(21-18-14)12-5-3-7-19(10-12)16(20)13-6-4-8-22-13/h4,6,8,11-12H,3,5,7,9-10H2,1-2H3. The van der Waals surface area contributed by atoms with Gasteiger partial charge in [0.25, 0.3) is 5.91 Å². The van der Waals surface area contributed by atoms with Crippen LogP contribution in [0, 0.1) is 5.92 Å². The van der Waals surface area contributed by atoms with Crippen molar-refractivity contribution in [3.63, 3.8) is 0 Å². The van der Waals surface area contributed by atoms with Crippen LogP contribution in [0.5, 0.6) is 0 Å². The van der Waals surface area contributed by atoms with E-state index < -0.39 is 0 Å². The molecule has 1 aliphatic heterocycles. The molecule has 1 amide bonds. The molecule has 22 heavy (non-hydrogen) atoms. The molecule has 0 N–H and O–H groups in total. The van der Waals surface area contributed by atoms with E-state index in [0.717, 1.165) is 36.5 Å². The van der Waals surface area contributed by atoms with Gasteiger partial charge in [-0.25, -0.2) is 0 Å². The van der Waals surface area contributed by atoms with E-state index in [1.165, 1.54) is 11.3 Å². The van der Waals surface area contributed by atoms with Gasteiger partial charge >= 0.3 is 0 Å². The van der Waals surface area contributed by atoms with Crippen molar-refractivity contribution in [2.24, 2.45) is 5.92 Å². The van der Waals surface area contributed by atoms with E-state index in [9.17, 15) is 4.79 Å². The SMILES string of the molecule is CC(C)Cc1noc(C2CCCN(C(=O)c3cccs3)C2)n1. The molecule has 1 atom stereocenters. The second-order valence-corrected chi connectivity index (χ2v) is 7.16. The van der Waals surface area contributed by atoms with Gasteiger partial charge in [0.15, 0.2) is 5.82 Å². The second-order valence-electron chi connectivity index (χ2n) is 6.21. The molecule has 2 aromatic rings.